The van der Waals surface area contributed by atoms with Crippen LogP contribution in [0, 0.1) is 17.8 Å². The molecule has 0 aromatic rings. The van der Waals surface area contributed by atoms with E-state index in [0.29, 0.717) is 0 Å². The number of nitrogens with zero attached hydrogens (tertiary/aromatic N) is 1. The molecule has 3 rings (SSSR count). The number of rotatable bonds is 2. The molecule has 0 radical (unpaired) electrons. The molecule has 0 spiro atoms. The molecule has 4 atom stereocenters. The smallest absolute Gasteiger partial charge is 0.0124 e. The molecule has 0 aromatic heterocycles. The summed E-state index contributed by atoms with van der Waals surface area (Å²) in [6.45, 7) is 7.67. The van der Waals surface area contributed by atoms with E-state index in [2.05, 4.69) is 17.1 Å². The van der Waals surface area contributed by atoms with Gasteiger partial charge in [0.1, 0.15) is 0 Å². The molecule has 0 aromatic carbocycles. The van der Waals surface area contributed by atoms with Crippen molar-refractivity contribution in [3.63, 3.8) is 0 Å². The molecule has 2 unspecified atom stereocenters. The Labute approximate surface area is 99.8 Å². The number of fused-ring (bicyclic) bond motifs is 1. The Kier molecular flexibility index (Phi) is 3.21. The van der Waals surface area contributed by atoms with Gasteiger partial charge < -0.3 is 5.32 Å². The molecule has 0 bridgehead atoms. The minimum Gasteiger partial charge on any atom is -0.316 e. The van der Waals surface area contributed by atoms with E-state index in [1.807, 2.05) is 0 Å². The molecule has 92 valence electrons. The second-order valence-corrected chi connectivity index (χ2v) is 6.29. The highest BCUT2D eigenvalue weighted by atomic mass is 15.2. The Morgan fingerprint density at radius 1 is 1.12 bits per heavy atom. The number of nitrogens with one attached hydrogen (secondary N) is 1. The standard InChI is InChI=1S/C14H26N2/c1-11-8-15-9-13(11)10-16-7-3-5-12-4-2-6-14(12)16/h11-15H,2-10H2,1H3/t11-,12?,13+,14?/m1/s1. The highest BCUT2D eigenvalue weighted by Crippen LogP contribution is 2.37. The van der Waals surface area contributed by atoms with Crippen LogP contribution >= 0.6 is 0 Å². The van der Waals surface area contributed by atoms with Gasteiger partial charge in [-0.25, -0.2) is 0 Å². The van der Waals surface area contributed by atoms with Crippen molar-refractivity contribution >= 4 is 0 Å². The molecule has 3 aliphatic rings. The summed E-state index contributed by atoms with van der Waals surface area (Å²) in [5.41, 5.74) is 0. The molecule has 2 saturated heterocycles. The van der Waals surface area contributed by atoms with E-state index < -0.39 is 0 Å². The van der Waals surface area contributed by atoms with Gasteiger partial charge in [0.15, 0.2) is 0 Å². The van der Waals surface area contributed by atoms with E-state index in [1.165, 1.54) is 58.3 Å². The van der Waals surface area contributed by atoms with Gasteiger partial charge in [-0.05, 0) is 63.1 Å². The molecule has 1 aliphatic carbocycles. The molecular formula is C14H26N2. The van der Waals surface area contributed by atoms with Crippen molar-refractivity contribution in [2.24, 2.45) is 17.8 Å². The molecule has 16 heavy (non-hydrogen) atoms. The number of hydrogen-bond donors (Lipinski definition) is 1. The summed E-state index contributed by atoms with van der Waals surface area (Å²) in [4.78, 5) is 2.84. The van der Waals surface area contributed by atoms with E-state index in [9.17, 15) is 0 Å². The quantitative estimate of drug-likeness (QED) is 0.770. The average Bonchev–Trinajstić information content (AvgIpc) is 2.89. The Morgan fingerprint density at radius 3 is 2.81 bits per heavy atom. The fraction of sp³-hybridized carbons (Fsp3) is 1.00. The lowest BCUT2D eigenvalue weighted by Gasteiger charge is -2.39. The first kappa shape index (κ1) is 11.0. The summed E-state index contributed by atoms with van der Waals surface area (Å²) in [5.74, 6) is 2.86. The van der Waals surface area contributed by atoms with Crippen LogP contribution in [0.15, 0.2) is 0 Å². The largest absolute Gasteiger partial charge is 0.316 e. The zero-order valence-corrected chi connectivity index (χ0v) is 10.6. The second kappa shape index (κ2) is 4.66. The van der Waals surface area contributed by atoms with Crippen molar-refractivity contribution in [3.05, 3.63) is 0 Å². The van der Waals surface area contributed by atoms with Crippen LogP contribution in [0.25, 0.3) is 0 Å². The van der Waals surface area contributed by atoms with Crippen LogP contribution in [0.3, 0.4) is 0 Å². The fourth-order valence-corrected chi connectivity index (χ4v) is 4.19. The Bertz CT molecular complexity index is 241. The molecule has 3 fully saturated rings. The highest BCUT2D eigenvalue weighted by Gasteiger charge is 2.36. The van der Waals surface area contributed by atoms with Crippen LogP contribution < -0.4 is 5.32 Å². The molecule has 2 heteroatoms. The normalized spacial score (nSPS) is 44.8. The third-order valence-corrected chi connectivity index (χ3v) is 5.25. The summed E-state index contributed by atoms with van der Waals surface area (Å²) < 4.78 is 0. The zero-order valence-electron chi connectivity index (χ0n) is 10.6. The van der Waals surface area contributed by atoms with Crippen molar-refractivity contribution in [1.82, 2.24) is 10.2 Å². The first-order valence-corrected chi connectivity index (χ1v) is 7.29. The molecule has 2 aliphatic heterocycles. The summed E-state index contributed by atoms with van der Waals surface area (Å²) >= 11 is 0. The van der Waals surface area contributed by atoms with Crippen LogP contribution in [0.4, 0.5) is 0 Å². The average molecular weight is 222 g/mol. The lowest BCUT2D eigenvalue weighted by Crippen LogP contribution is -2.45. The maximum absolute atomic E-state index is 3.54. The number of likely N-dealkylation sites (tertiary alicyclic amines) is 1. The maximum atomic E-state index is 3.54. The minimum atomic E-state index is 0.891. The SMILES string of the molecule is C[C@@H]1CNC[C@H]1CN1CCCC2CCCC21. The molecule has 2 heterocycles. The number of hydrogen-bond acceptors (Lipinski definition) is 2. The summed E-state index contributed by atoms with van der Waals surface area (Å²) in [5, 5.41) is 3.54. The van der Waals surface area contributed by atoms with E-state index in [0.717, 1.165) is 23.8 Å². The zero-order chi connectivity index (χ0) is 11.0. The van der Waals surface area contributed by atoms with Crippen molar-refractivity contribution < 1.29 is 0 Å². The predicted molar refractivity (Wildman–Crippen MR) is 67.5 cm³/mol. The summed E-state index contributed by atoms with van der Waals surface area (Å²) in [7, 11) is 0. The highest BCUT2D eigenvalue weighted by molar-refractivity contribution is 4.91. The van der Waals surface area contributed by atoms with Crippen LogP contribution in [-0.4, -0.2) is 37.1 Å². The number of piperidine rings is 1. The van der Waals surface area contributed by atoms with Gasteiger partial charge in [-0.1, -0.05) is 13.3 Å². The van der Waals surface area contributed by atoms with Gasteiger partial charge in [0.05, 0.1) is 0 Å². The Hall–Kier alpha value is -0.0800. The van der Waals surface area contributed by atoms with Gasteiger partial charge >= 0.3 is 0 Å². The maximum Gasteiger partial charge on any atom is 0.0124 e. The van der Waals surface area contributed by atoms with Crippen LogP contribution in [-0.2, 0) is 0 Å². The summed E-state index contributed by atoms with van der Waals surface area (Å²) in [6, 6.07) is 0.960. The van der Waals surface area contributed by atoms with Crippen LogP contribution in [0.2, 0.25) is 0 Å². The van der Waals surface area contributed by atoms with E-state index >= 15 is 0 Å². The van der Waals surface area contributed by atoms with Crippen molar-refractivity contribution in [3.8, 4) is 0 Å². The third-order valence-electron chi connectivity index (χ3n) is 5.25. The predicted octanol–water partition coefficient (Wildman–Crippen LogP) is 2.11. The lowest BCUT2D eigenvalue weighted by atomic mass is 9.89. The second-order valence-electron chi connectivity index (χ2n) is 6.29. The van der Waals surface area contributed by atoms with E-state index in [-0.39, 0.29) is 0 Å². The molecule has 0 amide bonds. The third kappa shape index (κ3) is 2.02. The molecule has 1 N–H and O–H groups in total. The van der Waals surface area contributed by atoms with Gasteiger partial charge in [-0.15, -0.1) is 0 Å². The van der Waals surface area contributed by atoms with E-state index in [4.69, 9.17) is 0 Å². The first-order chi connectivity index (χ1) is 7.84. The molecule has 1 saturated carbocycles. The fourth-order valence-electron chi connectivity index (χ4n) is 4.19. The van der Waals surface area contributed by atoms with Crippen LogP contribution in [0.5, 0.6) is 0 Å². The minimum absolute atomic E-state index is 0.891. The molecule has 2 nitrogen and oxygen atoms in total. The summed E-state index contributed by atoms with van der Waals surface area (Å²) in [6.07, 6.45) is 7.46. The van der Waals surface area contributed by atoms with E-state index in [1.54, 1.807) is 0 Å². The van der Waals surface area contributed by atoms with Gasteiger partial charge in [0.25, 0.3) is 0 Å². The van der Waals surface area contributed by atoms with Gasteiger partial charge in [0.2, 0.25) is 0 Å². The van der Waals surface area contributed by atoms with Crippen molar-refractivity contribution in [1.29, 1.82) is 0 Å². The first-order valence-electron chi connectivity index (χ1n) is 7.29. The van der Waals surface area contributed by atoms with Gasteiger partial charge in [-0.2, -0.15) is 0 Å². The Balaban J connectivity index is 1.60. The lowest BCUT2D eigenvalue weighted by molar-refractivity contribution is 0.0910. The molecular weight excluding hydrogens is 196 g/mol. The van der Waals surface area contributed by atoms with Crippen molar-refractivity contribution in [2.45, 2.75) is 45.1 Å². The topological polar surface area (TPSA) is 15.3 Å². The van der Waals surface area contributed by atoms with Gasteiger partial charge in [0, 0.05) is 12.6 Å². The Morgan fingerprint density at radius 2 is 2.00 bits per heavy atom. The van der Waals surface area contributed by atoms with Crippen LogP contribution in [0.1, 0.15) is 39.0 Å². The van der Waals surface area contributed by atoms with Gasteiger partial charge in [-0.3, -0.25) is 4.90 Å². The monoisotopic (exact) mass is 222 g/mol. The van der Waals surface area contributed by atoms with Crippen molar-refractivity contribution in [2.75, 3.05) is 26.2 Å².